The highest BCUT2D eigenvalue weighted by Crippen LogP contribution is 2.26. The van der Waals surface area contributed by atoms with Crippen LogP contribution in [0.3, 0.4) is 0 Å². The van der Waals surface area contributed by atoms with Gasteiger partial charge in [0, 0.05) is 37.8 Å². The fourth-order valence-electron chi connectivity index (χ4n) is 3.36. The van der Waals surface area contributed by atoms with Gasteiger partial charge in [0.2, 0.25) is 0 Å². The van der Waals surface area contributed by atoms with Crippen molar-refractivity contribution in [2.75, 3.05) is 32.0 Å². The molecule has 1 aliphatic carbocycles. The summed E-state index contributed by atoms with van der Waals surface area (Å²) < 4.78 is 13.7. The Morgan fingerprint density at radius 3 is 2.60 bits per heavy atom. The van der Waals surface area contributed by atoms with E-state index in [1.807, 2.05) is 11.0 Å². The van der Waals surface area contributed by atoms with E-state index in [9.17, 15) is 9.18 Å². The number of halogens is 1. The molecule has 1 heterocycles. The third-order valence-electron chi connectivity index (χ3n) is 5.38. The lowest BCUT2D eigenvalue weighted by atomic mass is 10.0. The number of likely N-dealkylation sites (N-methyl/N-ethyl adjacent to an activating group) is 1. The number of rotatable bonds is 6. The maximum Gasteiger partial charge on any atom is 0.317 e. The van der Waals surface area contributed by atoms with Gasteiger partial charge in [-0.05, 0) is 51.8 Å². The zero-order valence-corrected chi connectivity index (χ0v) is 15.2. The van der Waals surface area contributed by atoms with Gasteiger partial charge in [-0.2, -0.15) is 0 Å². The van der Waals surface area contributed by atoms with Crippen molar-refractivity contribution in [1.82, 2.24) is 15.1 Å². The molecule has 138 valence electrons. The Morgan fingerprint density at radius 2 is 1.96 bits per heavy atom. The number of hydrogen-bond donors (Lipinski definition) is 2. The second kappa shape index (κ2) is 8.04. The van der Waals surface area contributed by atoms with E-state index in [2.05, 4.69) is 29.5 Å². The fourth-order valence-corrected chi connectivity index (χ4v) is 3.36. The first-order chi connectivity index (χ1) is 12.0. The molecule has 1 aromatic rings. The molecule has 2 N–H and O–H groups in total. The van der Waals surface area contributed by atoms with Crippen molar-refractivity contribution in [1.29, 1.82) is 0 Å². The smallest absolute Gasteiger partial charge is 0.317 e. The van der Waals surface area contributed by atoms with Crippen molar-refractivity contribution in [2.24, 2.45) is 0 Å². The lowest BCUT2D eigenvalue weighted by Crippen LogP contribution is -2.49. The van der Waals surface area contributed by atoms with Crippen LogP contribution in [-0.2, 0) is 0 Å². The number of likely N-dealkylation sites (tertiary alicyclic amines) is 1. The minimum atomic E-state index is -0.226. The second-order valence-corrected chi connectivity index (χ2v) is 7.32. The lowest BCUT2D eigenvalue weighted by molar-refractivity contribution is 0.176. The van der Waals surface area contributed by atoms with Gasteiger partial charge in [-0.3, -0.25) is 4.90 Å². The van der Waals surface area contributed by atoms with Crippen LogP contribution in [0.15, 0.2) is 24.3 Å². The number of nitrogens with zero attached hydrogens (tertiary/aromatic N) is 2. The summed E-state index contributed by atoms with van der Waals surface area (Å²) in [6.07, 6.45) is 4.22. The molecule has 0 radical (unpaired) electrons. The van der Waals surface area contributed by atoms with Gasteiger partial charge in [-0.1, -0.05) is 12.1 Å². The Bertz CT molecular complexity index is 585. The van der Waals surface area contributed by atoms with Gasteiger partial charge in [0.1, 0.15) is 5.82 Å². The SMILES string of the molecule is CC(CNC(=O)N1CCC(Nc2ccccc2F)CC1)N(C)C1CC1. The van der Waals surface area contributed by atoms with Crippen molar-refractivity contribution in [2.45, 2.75) is 50.7 Å². The first kappa shape index (κ1) is 18.0. The summed E-state index contributed by atoms with van der Waals surface area (Å²) in [4.78, 5) is 16.6. The Morgan fingerprint density at radius 1 is 1.28 bits per heavy atom. The molecule has 1 aromatic carbocycles. The van der Waals surface area contributed by atoms with Crippen LogP contribution in [0.5, 0.6) is 0 Å². The van der Waals surface area contributed by atoms with E-state index in [1.54, 1.807) is 12.1 Å². The van der Waals surface area contributed by atoms with Gasteiger partial charge in [-0.15, -0.1) is 0 Å². The monoisotopic (exact) mass is 348 g/mol. The Hall–Kier alpha value is -1.82. The molecule has 1 saturated heterocycles. The molecule has 2 fully saturated rings. The molecular weight excluding hydrogens is 319 g/mol. The quantitative estimate of drug-likeness (QED) is 0.831. The number of carbonyl (C=O) groups is 1. The van der Waals surface area contributed by atoms with Crippen LogP contribution >= 0.6 is 0 Å². The van der Waals surface area contributed by atoms with E-state index >= 15 is 0 Å². The van der Waals surface area contributed by atoms with E-state index in [4.69, 9.17) is 0 Å². The zero-order valence-electron chi connectivity index (χ0n) is 15.2. The van der Waals surface area contributed by atoms with Crippen LogP contribution in [-0.4, -0.2) is 60.6 Å². The maximum atomic E-state index is 13.7. The first-order valence-electron chi connectivity index (χ1n) is 9.30. The minimum absolute atomic E-state index is 0.0142. The molecule has 2 amide bonds. The van der Waals surface area contributed by atoms with Crippen LogP contribution in [0.2, 0.25) is 0 Å². The largest absolute Gasteiger partial charge is 0.380 e. The molecular formula is C19H29FN4O. The number of carbonyl (C=O) groups excluding carboxylic acids is 1. The molecule has 3 rings (SSSR count). The van der Waals surface area contributed by atoms with Gasteiger partial charge in [0.25, 0.3) is 0 Å². The lowest BCUT2D eigenvalue weighted by Gasteiger charge is -2.33. The molecule has 0 spiro atoms. The number of nitrogens with one attached hydrogen (secondary N) is 2. The molecule has 0 aromatic heterocycles. The highest BCUT2D eigenvalue weighted by molar-refractivity contribution is 5.74. The summed E-state index contributed by atoms with van der Waals surface area (Å²) in [6.45, 7) is 4.23. The van der Waals surface area contributed by atoms with Gasteiger partial charge in [0.05, 0.1) is 5.69 Å². The van der Waals surface area contributed by atoms with Crippen molar-refractivity contribution in [3.05, 3.63) is 30.1 Å². The van der Waals surface area contributed by atoms with E-state index in [0.29, 0.717) is 37.4 Å². The molecule has 6 heteroatoms. The van der Waals surface area contributed by atoms with Crippen molar-refractivity contribution in [3.63, 3.8) is 0 Å². The second-order valence-electron chi connectivity index (χ2n) is 7.32. The number of anilines is 1. The summed E-state index contributed by atoms with van der Waals surface area (Å²) in [5, 5.41) is 6.31. The van der Waals surface area contributed by atoms with E-state index < -0.39 is 0 Å². The molecule has 1 atom stereocenters. The van der Waals surface area contributed by atoms with Crippen LogP contribution in [0.4, 0.5) is 14.9 Å². The molecule has 2 aliphatic rings. The predicted molar refractivity (Wildman–Crippen MR) is 98.3 cm³/mol. The minimum Gasteiger partial charge on any atom is -0.380 e. The van der Waals surface area contributed by atoms with E-state index in [0.717, 1.165) is 12.8 Å². The van der Waals surface area contributed by atoms with Crippen LogP contribution in [0.25, 0.3) is 0 Å². The van der Waals surface area contributed by atoms with Gasteiger partial charge >= 0.3 is 6.03 Å². The van der Waals surface area contributed by atoms with Crippen LogP contribution in [0.1, 0.15) is 32.6 Å². The predicted octanol–water partition coefficient (Wildman–Crippen LogP) is 2.89. The van der Waals surface area contributed by atoms with Crippen LogP contribution < -0.4 is 10.6 Å². The molecule has 1 saturated carbocycles. The Kier molecular flexibility index (Phi) is 5.78. The summed E-state index contributed by atoms with van der Waals surface area (Å²) in [6, 6.07) is 8.02. The van der Waals surface area contributed by atoms with Gasteiger partial charge in [-0.25, -0.2) is 9.18 Å². The van der Waals surface area contributed by atoms with Crippen molar-refractivity contribution in [3.8, 4) is 0 Å². The zero-order chi connectivity index (χ0) is 17.8. The average Bonchev–Trinajstić information content (AvgIpc) is 3.46. The summed E-state index contributed by atoms with van der Waals surface area (Å²) in [5.41, 5.74) is 0.544. The van der Waals surface area contributed by atoms with E-state index in [-0.39, 0.29) is 17.9 Å². The molecule has 1 unspecified atom stereocenters. The topological polar surface area (TPSA) is 47.6 Å². The van der Waals surface area contributed by atoms with Crippen LogP contribution in [0, 0.1) is 5.82 Å². The first-order valence-corrected chi connectivity index (χ1v) is 9.30. The highest BCUT2D eigenvalue weighted by Gasteiger charge is 2.29. The number of piperidine rings is 1. The number of para-hydroxylation sites is 1. The van der Waals surface area contributed by atoms with Crippen molar-refractivity contribution < 1.29 is 9.18 Å². The average molecular weight is 348 g/mol. The summed E-state index contributed by atoms with van der Waals surface area (Å²) in [5.74, 6) is -0.226. The summed E-state index contributed by atoms with van der Waals surface area (Å²) >= 11 is 0. The number of benzene rings is 1. The molecule has 5 nitrogen and oxygen atoms in total. The summed E-state index contributed by atoms with van der Waals surface area (Å²) in [7, 11) is 2.13. The standard InChI is InChI=1S/C19H29FN4O/c1-14(23(2)16-7-8-16)13-21-19(25)24-11-9-15(10-12-24)22-18-6-4-3-5-17(18)20/h3-6,14-16,22H,7-13H2,1-2H3,(H,21,25). The molecule has 1 aliphatic heterocycles. The Labute approximate surface area is 149 Å². The third kappa shape index (κ3) is 4.84. The van der Waals surface area contributed by atoms with E-state index in [1.165, 1.54) is 18.9 Å². The normalized spacial score (nSPS) is 19.8. The van der Waals surface area contributed by atoms with Gasteiger partial charge in [0.15, 0.2) is 0 Å². The number of amides is 2. The number of hydrogen-bond acceptors (Lipinski definition) is 3. The van der Waals surface area contributed by atoms with Crippen molar-refractivity contribution >= 4 is 11.7 Å². The Balaban J connectivity index is 1.39. The number of urea groups is 1. The van der Waals surface area contributed by atoms with Gasteiger partial charge < -0.3 is 15.5 Å². The third-order valence-corrected chi connectivity index (χ3v) is 5.38. The fraction of sp³-hybridized carbons (Fsp3) is 0.632. The molecule has 25 heavy (non-hydrogen) atoms. The molecule has 0 bridgehead atoms. The maximum absolute atomic E-state index is 13.7. The highest BCUT2D eigenvalue weighted by atomic mass is 19.1.